The molecule has 0 saturated heterocycles. The van der Waals surface area contributed by atoms with Crippen LogP contribution in [0.1, 0.15) is 61.3 Å². The van der Waals surface area contributed by atoms with Crippen molar-refractivity contribution in [2.45, 2.75) is 67.3 Å². The van der Waals surface area contributed by atoms with Crippen molar-refractivity contribution in [1.82, 2.24) is 5.32 Å². The Labute approximate surface area is 102 Å². The largest absolute Gasteiger partial charge is 0.314 e. The highest BCUT2D eigenvalue weighted by Crippen LogP contribution is 2.70. The molecule has 2 atom stereocenters. The molecule has 1 rings (SSSR count). The highest BCUT2D eigenvalue weighted by Gasteiger charge is 2.67. The summed E-state index contributed by atoms with van der Waals surface area (Å²) in [6, 6.07) is 0.704. The number of hydrogen-bond donors (Lipinski definition) is 1. The van der Waals surface area contributed by atoms with Crippen LogP contribution in [-0.2, 0) is 0 Å². The minimum Gasteiger partial charge on any atom is -0.314 e. The summed E-state index contributed by atoms with van der Waals surface area (Å²) in [6.07, 6.45) is 2.65. The summed E-state index contributed by atoms with van der Waals surface area (Å²) < 4.78 is 0. The van der Waals surface area contributed by atoms with Crippen molar-refractivity contribution < 1.29 is 0 Å². The van der Waals surface area contributed by atoms with Gasteiger partial charge in [0.2, 0.25) is 0 Å². The molecule has 2 unspecified atom stereocenters. The number of rotatable bonds is 6. The van der Waals surface area contributed by atoms with Crippen molar-refractivity contribution in [2.75, 3.05) is 6.54 Å². The van der Waals surface area contributed by atoms with Crippen LogP contribution < -0.4 is 5.32 Å². The number of nitrogens with one attached hydrogen (secondary N) is 1. The van der Waals surface area contributed by atoms with E-state index in [1.807, 2.05) is 0 Å². The van der Waals surface area contributed by atoms with E-state index < -0.39 is 0 Å². The van der Waals surface area contributed by atoms with E-state index in [9.17, 15) is 0 Å². The van der Waals surface area contributed by atoms with Crippen LogP contribution >= 0.6 is 0 Å². The second-order valence-electron chi connectivity index (χ2n) is 6.77. The van der Waals surface area contributed by atoms with Gasteiger partial charge in [-0.05, 0) is 35.6 Å². The van der Waals surface area contributed by atoms with Crippen molar-refractivity contribution in [2.24, 2.45) is 22.7 Å². The fraction of sp³-hybridized carbons (Fsp3) is 1.00. The van der Waals surface area contributed by atoms with E-state index in [2.05, 4.69) is 53.8 Å². The summed E-state index contributed by atoms with van der Waals surface area (Å²) in [7, 11) is 0. The molecule has 96 valence electrons. The molecule has 1 fully saturated rings. The van der Waals surface area contributed by atoms with Crippen molar-refractivity contribution in [3.63, 3.8) is 0 Å². The van der Waals surface area contributed by atoms with Gasteiger partial charge in [-0.15, -0.1) is 0 Å². The molecule has 0 radical (unpaired) electrons. The van der Waals surface area contributed by atoms with Crippen LogP contribution in [-0.4, -0.2) is 12.6 Å². The highest BCUT2D eigenvalue weighted by atomic mass is 15.0. The number of hydrogen-bond acceptors (Lipinski definition) is 1. The Kier molecular flexibility index (Phi) is 4.10. The van der Waals surface area contributed by atoms with Gasteiger partial charge < -0.3 is 5.32 Å². The second kappa shape index (κ2) is 4.68. The van der Waals surface area contributed by atoms with Gasteiger partial charge >= 0.3 is 0 Å². The first-order valence-electron chi connectivity index (χ1n) is 7.04. The smallest absolute Gasteiger partial charge is 0.0131 e. The normalized spacial score (nSPS) is 26.4. The topological polar surface area (TPSA) is 12.0 Å². The summed E-state index contributed by atoms with van der Waals surface area (Å²) >= 11 is 0. The molecular formula is C15H31N. The standard InChI is InChI=1S/C15H31N/c1-8-10-11(3)12(16-9-2)13-14(4,5)15(13,6)7/h11-13,16H,8-10H2,1-7H3. The first kappa shape index (κ1) is 14.0. The molecule has 0 spiro atoms. The van der Waals surface area contributed by atoms with Gasteiger partial charge in [-0.25, -0.2) is 0 Å². The lowest BCUT2D eigenvalue weighted by Gasteiger charge is -2.27. The molecule has 1 saturated carbocycles. The first-order chi connectivity index (χ1) is 7.30. The maximum absolute atomic E-state index is 3.74. The Hall–Kier alpha value is -0.0400. The molecule has 0 aromatic rings. The lowest BCUT2D eigenvalue weighted by atomic mass is 9.89. The van der Waals surface area contributed by atoms with Gasteiger partial charge in [0.15, 0.2) is 0 Å². The molecule has 16 heavy (non-hydrogen) atoms. The Morgan fingerprint density at radius 2 is 1.56 bits per heavy atom. The lowest BCUT2D eigenvalue weighted by Crippen LogP contribution is -2.38. The van der Waals surface area contributed by atoms with Crippen LogP contribution in [0.15, 0.2) is 0 Å². The average molecular weight is 225 g/mol. The van der Waals surface area contributed by atoms with Crippen LogP contribution in [0.5, 0.6) is 0 Å². The van der Waals surface area contributed by atoms with Crippen molar-refractivity contribution in [3.05, 3.63) is 0 Å². The minimum absolute atomic E-state index is 0.502. The van der Waals surface area contributed by atoms with Crippen molar-refractivity contribution >= 4 is 0 Å². The summed E-state index contributed by atoms with van der Waals surface area (Å²) in [4.78, 5) is 0. The van der Waals surface area contributed by atoms with Gasteiger partial charge in [0.25, 0.3) is 0 Å². The van der Waals surface area contributed by atoms with Gasteiger partial charge in [-0.3, -0.25) is 0 Å². The highest BCUT2D eigenvalue weighted by molar-refractivity contribution is 5.16. The molecule has 1 aliphatic rings. The minimum atomic E-state index is 0.502. The van der Waals surface area contributed by atoms with Crippen LogP contribution in [0.2, 0.25) is 0 Å². The molecular weight excluding hydrogens is 194 g/mol. The third-order valence-corrected chi connectivity index (χ3v) is 5.29. The van der Waals surface area contributed by atoms with E-state index in [1.165, 1.54) is 12.8 Å². The molecule has 0 aromatic carbocycles. The van der Waals surface area contributed by atoms with Gasteiger partial charge in [0.05, 0.1) is 0 Å². The van der Waals surface area contributed by atoms with E-state index >= 15 is 0 Å². The summed E-state index contributed by atoms with van der Waals surface area (Å²) in [5.74, 6) is 1.64. The van der Waals surface area contributed by atoms with Crippen LogP contribution in [0.4, 0.5) is 0 Å². The Morgan fingerprint density at radius 3 is 1.88 bits per heavy atom. The zero-order valence-electron chi connectivity index (χ0n) is 12.4. The Morgan fingerprint density at radius 1 is 1.06 bits per heavy atom. The monoisotopic (exact) mass is 225 g/mol. The third kappa shape index (κ3) is 2.16. The predicted molar refractivity (Wildman–Crippen MR) is 72.6 cm³/mol. The van der Waals surface area contributed by atoms with Gasteiger partial charge in [-0.1, -0.05) is 54.9 Å². The van der Waals surface area contributed by atoms with E-state index in [4.69, 9.17) is 0 Å². The molecule has 1 N–H and O–H groups in total. The van der Waals surface area contributed by atoms with Crippen LogP contribution in [0.25, 0.3) is 0 Å². The maximum Gasteiger partial charge on any atom is 0.0131 e. The molecule has 0 bridgehead atoms. The molecule has 1 nitrogen and oxygen atoms in total. The van der Waals surface area contributed by atoms with Crippen molar-refractivity contribution in [1.29, 1.82) is 0 Å². The summed E-state index contributed by atoms with van der Waals surface area (Å²) in [5, 5.41) is 3.74. The van der Waals surface area contributed by atoms with E-state index in [0.29, 0.717) is 16.9 Å². The van der Waals surface area contributed by atoms with E-state index in [0.717, 1.165) is 18.4 Å². The Balaban J connectivity index is 2.73. The summed E-state index contributed by atoms with van der Waals surface area (Å²) in [6.45, 7) is 17.8. The molecule has 1 aliphatic carbocycles. The van der Waals surface area contributed by atoms with Crippen molar-refractivity contribution in [3.8, 4) is 0 Å². The maximum atomic E-state index is 3.74. The van der Waals surface area contributed by atoms with Crippen LogP contribution in [0, 0.1) is 22.7 Å². The molecule has 0 aliphatic heterocycles. The second-order valence-corrected chi connectivity index (χ2v) is 6.77. The SMILES string of the molecule is CCCC(C)C(NCC)C1C(C)(C)C1(C)C. The first-order valence-corrected chi connectivity index (χ1v) is 7.04. The van der Waals surface area contributed by atoms with Gasteiger partial charge in [-0.2, -0.15) is 0 Å². The quantitative estimate of drug-likeness (QED) is 0.718. The average Bonchev–Trinajstić information content (AvgIpc) is 2.55. The van der Waals surface area contributed by atoms with E-state index in [1.54, 1.807) is 0 Å². The van der Waals surface area contributed by atoms with Gasteiger partial charge in [0, 0.05) is 6.04 Å². The van der Waals surface area contributed by atoms with Gasteiger partial charge in [0.1, 0.15) is 0 Å². The van der Waals surface area contributed by atoms with E-state index in [-0.39, 0.29) is 0 Å². The summed E-state index contributed by atoms with van der Waals surface area (Å²) in [5.41, 5.74) is 1.00. The zero-order chi connectivity index (χ0) is 12.6. The Bertz CT molecular complexity index is 216. The molecule has 1 heteroatoms. The fourth-order valence-corrected chi connectivity index (χ4v) is 3.66. The molecule has 0 amide bonds. The molecule has 0 heterocycles. The zero-order valence-corrected chi connectivity index (χ0v) is 12.4. The molecule has 0 aromatic heterocycles. The fourth-order valence-electron chi connectivity index (χ4n) is 3.66. The lowest BCUT2D eigenvalue weighted by molar-refractivity contribution is 0.290. The van der Waals surface area contributed by atoms with Crippen LogP contribution in [0.3, 0.4) is 0 Å². The predicted octanol–water partition coefficient (Wildman–Crippen LogP) is 4.08. The third-order valence-electron chi connectivity index (χ3n) is 5.29.